The highest BCUT2D eigenvalue weighted by Crippen LogP contribution is 2.47. The molecule has 0 saturated heterocycles. The largest absolute Gasteiger partial charge is 0.310 e. The summed E-state index contributed by atoms with van der Waals surface area (Å²) in [6.45, 7) is 0. The van der Waals surface area contributed by atoms with Crippen LogP contribution in [0.15, 0.2) is 206 Å². The van der Waals surface area contributed by atoms with Crippen LogP contribution in [0.2, 0.25) is 0 Å². The van der Waals surface area contributed by atoms with E-state index in [0.717, 1.165) is 17.1 Å². The predicted molar refractivity (Wildman–Crippen MR) is 252 cm³/mol. The number of anilines is 3. The van der Waals surface area contributed by atoms with E-state index in [-0.39, 0.29) is 0 Å². The Bertz CT molecular complexity index is 3500. The number of fused-ring (bicyclic) bond motifs is 9. The molecule has 272 valence electrons. The maximum absolute atomic E-state index is 2.48. The Hall–Kier alpha value is -6.98. The molecule has 3 heterocycles. The van der Waals surface area contributed by atoms with Crippen molar-refractivity contribution in [3.8, 4) is 27.9 Å². The molecular formula is C54H34N2S2. The highest BCUT2D eigenvalue weighted by atomic mass is 32.1. The van der Waals surface area contributed by atoms with E-state index in [2.05, 4.69) is 216 Å². The molecule has 0 fully saturated rings. The normalized spacial score (nSPS) is 11.8. The summed E-state index contributed by atoms with van der Waals surface area (Å²) in [4.78, 5) is 2.42. The fourth-order valence-electron chi connectivity index (χ4n) is 8.95. The molecule has 0 aliphatic heterocycles. The molecule has 0 amide bonds. The maximum Gasteiger partial charge on any atom is 0.0554 e. The number of para-hydroxylation sites is 2. The predicted octanol–water partition coefficient (Wildman–Crippen LogP) is 16.3. The van der Waals surface area contributed by atoms with Gasteiger partial charge in [-0.25, -0.2) is 0 Å². The van der Waals surface area contributed by atoms with Gasteiger partial charge in [0.15, 0.2) is 0 Å². The van der Waals surface area contributed by atoms with E-state index in [0.29, 0.717) is 0 Å². The van der Waals surface area contributed by atoms with Gasteiger partial charge in [-0.15, -0.1) is 22.7 Å². The van der Waals surface area contributed by atoms with Gasteiger partial charge in [-0.05, 0) is 89.5 Å². The van der Waals surface area contributed by atoms with E-state index in [1.807, 2.05) is 22.7 Å². The quantitative estimate of drug-likeness (QED) is 0.163. The standard InChI is InChI=1S/C54H34N2S2/c1-3-14-35(15-4-1)37-28-31-42-41-18-7-10-21-47(41)56(49(42)32-37)40-33-45(54-46(34-40)43-19-8-11-23-50(43)58-54)36-26-29-39(30-27-36)55(38-16-5-2-6-17-38)48-22-13-25-52-53(48)44-20-9-12-24-51(44)57-52/h1-34H. The Morgan fingerprint density at radius 3 is 1.79 bits per heavy atom. The minimum atomic E-state index is 1.12. The molecule has 9 aromatic carbocycles. The molecule has 0 bridgehead atoms. The summed E-state index contributed by atoms with van der Waals surface area (Å²) in [7, 11) is 0. The van der Waals surface area contributed by atoms with Crippen molar-refractivity contribution in [2.75, 3.05) is 4.90 Å². The monoisotopic (exact) mass is 774 g/mol. The van der Waals surface area contributed by atoms with Crippen molar-refractivity contribution in [1.82, 2.24) is 4.57 Å². The van der Waals surface area contributed by atoms with Crippen LogP contribution in [0.1, 0.15) is 0 Å². The van der Waals surface area contributed by atoms with E-state index in [9.17, 15) is 0 Å². The molecule has 0 aliphatic carbocycles. The number of hydrogen-bond acceptors (Lipinski definition) is 3. The van der Waals surface area contributed by atoms with Gasteiger partial charge in [0.1, 0.15) is 0 Å². The summed E-state index contributed by atoms with van der Waals surface area (Å²) in [5.41, 5.74) is 11.9. The molecule has 12 aromatic rings. The topological polar surface area (TPSA) is 8.17 Å². The second kappa shape index (κ2) is 13.3. The number of hydrogen-bond donors (Lipinski definition) is 0. The van der Waals surface area contributed by atoms with Crippen LogP contribution in [0.5, 0.6) is 0 Å². The van der Waals surface area contributed by atoms with E-state index < -0.39 is 0 Å². The first kappa shape index (κ1) is 33.2. The van der Waals surface area contributed by atoms with Crippen LogP contribution in [0.25, 0.3) is 90.1 Å². The molecule has 0 saturated carbocycles. The third kappa shape index (κ3) is 5.23. The molecule has 2 nitrogen and oxygen atoms in total. The molecule has 3 aromatic heterocycles. The zero-order valence-corrected chi connectivity index (χ0v) is 33.0. The molecule has 58 heavy (non-hydrogen) atoms. The average molecular weight is 775 g/mol. The molecule has 4 heteroatoms. The maximum atomic E-state index is 2.48. The Kier molecular flexibility index (Phi) is 7.62. The third-order valence-electron chi connectivity index (χ3n) is 11.6. The summed E-state index contributed by atoms with van der Waals surface area (Å²) in [5.74, 6) is 0. The van der Waals surface area contributed by atoms with Crippen LogP contribution < -0.4 is 4.90 Å². The van der Waals surface area contributed by atoms with Crippen LogP contribution in [0.4, 0.5) is 17.1 Å². The Morgan fingerprint density at radius 1 is 0.362 bits per heavy atom. The van der Waals surface area contributed by atoms with Gasteiger partial charge in [0.2, 0.25) is 0 Å². The molecule has 0 aliphatic rings. The molecule has 12 rings (SSSR count). The van der Waals surface area contributed by atoms with Crippen LogP contribution >= 0.6 is 22.7 Å². The number of rotatable bonds is 6. The first-order valence-electron chi connectivity index (χ1n) is 19.7. The molecule has 0 spiro atoms. The SMILES string of the molecule is c1ccc(-c2ccc3c4ccccc4n(-c4cc(-c5ccc(N(c6ccccc6)c6cccc7sc8ccccc8c67)cc5)c5sc6ccccc6c5c4)c3c2)cc1. The molecule has 0 unspecified atom stereocenters. The first-order chi connectivity index (χ1) is 28.8. The third-order valence-corrected chi connectivity index (χ3v) is 13.9. The van der Waals surface area contributed by atoms with E-state index >= 15 is 0 Å². The van der Waals surface area contributed by atoms with Crippen molar-refractivity contribution in [2.45, 2.75) is 0 Å². The number of benzene rings is 9. The Morgan fingerprint density at radius 2 is 0.983 bits per heavy atom. The van der Waals surface area contributed by atoms with Crippen molar-refractivity contribution in [1.29, 1.82) is 0 Å². The van der Waals surface area contributed by atoms with Crippen molar-refractivity contribution >= 4 is 102 Å². The summed E-state index contributed by atoms with van der Waals surface area (Å²) in [6.07, 6.45) is 0. The van der Waals surface area contributed by atoms with Crippen LogP contribution in [0, 0.1) is 0 Å². The summed E-state index contributed by atoms with van der Waals surface area (Å²) in [5, 5.41) is 7.67. The van der Waals surface area contributed by atoms with Crippen molar-refractivity contribution in [3.05, 3.63) is 206 Å². The summed E-state index contributed by atoms with van der Waals surface area (Å²) in [6, 6.07) is 75.6. The van der Waals surface area contributed by atoms with Gasteiger partial charge in [-0.2, -0.15) is 0 Å². The Labute approximate surface area is 343 Å². The van der Waals surface area contributed by atoms with E-state index in [1.165, 1.54) is 90.1 Å². The zero-order chi connectivity index (χ0) is 38.2. The fraction of sp³-hybridized carbons (Fsp3) is 0. The number of thiophene rings is 2. The fourth-order valence-corrected chi connectivity index (χ4v) is 11.3. The van der Waals surface area contributed by atoms with E-state index in [4.69, 9.17) is 0 Å². The molecule has 0 radical (unpaired) electrons. The van der Waals surface area contributed by atoms with Crippen molar-refractivity contribution in [2.24, 2.45) is 0 Å². The second-order valence-corrected chi connectivity index (χ2v) is 17.0. The zero-order valence-electron chi connectivity index (χ0n) is 31.3. The van der Waals surface area contributed by atoms with Crippen molar-refractivity contribution < 1.29 is 0 Å². The van der Waals surface area contributed by atoms with Gasteiger partial charge >= 0.3 is 0 Å². The van der Waals surface area contributed by atoms with Crippen molar-refractivity contribution in [3.63, 3.8) is 0 Å². The summed E-state index contributed by atoms with van der Waals surface area (Å²) >= 11 is 3.74. The van der Waals surface area contributed by atoms with Crippen LogP contribution in [-0.2, 0) is 0 Å². The lowest BCUT2D eigenvalue weighted by Crippen LogP contribution is -2.10. The minimum absolute atomic E-state index is 1.12. The van der Waals surface area contributed by atoms with Gasteiger partial charge in [-0.3, -0.25) is 0 Å². The van der Waals surface area contributed by atoms with E-state index in [1.54, 1.807) is 0 Å². The molecule has 0 atom stereocenters. The molecular weight excluding hydrogens is 741 g/mol. The number of nitrogens with zero attached hydrogens (tertiary/aromatic N) is 2. The lowest BCUT2D eigenvalue weighted by atomic mass is 10.0. The van der Waals surface area contributed by atoms with Gasteiger partial charge in [0.05, 0.1) is 16.7 Å². The summed E-state index contributed by atoms with van der Waals surface area (Å²) < 4.78 is 7.68. The van der Waals surface area contributed by atoms with Crippen LogP contribution in [-0.4, -0.2) is 4.57 Å². The molecule has 0 N–H and O–H groups in total. The van der Waals surface area contributed by atoms with Gasteiger partial charge in [-0.1, -0.05) is 133 Å². The van der Waals surface area contributed by atoms with Gasteiger partial charge in [0, 0.05) is 73.7 Å². The van der Waals surface area contributed by atoms with Gasteiger partial charge in [0.25, 0.3) is 0 Å². The Balaban J connectivity index is 1.07. The second-order valence-electron chi connectivity index (χ2n) is 14.9. The lowest BCUT2D eigenvalue weighted by molar-refractivity contribution is 1.19. The lowest BCUT2D eigenvalue weighted by Gasteiger charge is -2.26. The highest BCUT2D eigenvalue weighted by Gasteiger charge is 2.21. The van der Waals surface area contributed by atoms with Crippen LogP contribution in [0.3, 0.4) is 0 Å². The first-order valence-corrected chi connectivity index (χ1v) is 21.3. The smallest absolute Gasteiger partial charge is 0.0554 e. The number of aromatic nitrogens is 1. The average Bonchev–Trinajstić information content (AvgIpc) is 3.97. The minimum Gasteiger partial charge on any atom is -0.310 e. The van der Waals surface area contributed by atoms with Gasteiger partial charge < -0.3 is 9.47 Å². The highest BCUT2D eigenvalue weighted by molar-refractivity contribution is 7.26.